The van der Waals surface area contributed by atoms with Crippen LogP contribution in [0.1, 0.15) is 5.56 Å². The van der Waals surface area contributed by atoms with Gasteiger partial charge >= 0.3 is 5.97 Å². The first-order chi connectivity index (χ1) is 9.39. The zero-order valence-electron chi connectivity index (χ0n) is 11.0. The number of anilines is 1. The monoisotopic (exact) mass is 295 g/mol. The Morgan fingerprint density at radius 3 is 2.50 bits per heavy atom. The van der Waals surface area contributed by atoms with Crippen molar-refractivity contribution in [2.24, 2.45) is 5.10 Å². The Kier molecular flexibility index (Phi) is 5.23. The van der Waals surface area contributed by atoms with Crippen LogP contribution >= 0.6 is 0 Å². The van der Waals surface area contributed by atoms with Crippen molar-refractivity contribution in [3.8, 4) is 6.07 Å². The van der Waals surface area contributed by atoms with Crippen LogP contribution in [0.4, 0.5) is 5.69 Å². The standard InChI is InChI=1S/C12H13N3O4S/c1-9-3-5-10(6-4-9)14-15-11(7-13)20(17,18)8-12(16)19-2/h3-6,14H,8H2,1-2H3/b15-11-. The third-order valence-electron chi connectivity index (χ3n) is 2.26. The van der Waals surface area contributed by atoms with Crippen molar-refractivity contribution in [3.63, 3.8) is 0 Å². The summed E-state index contributed by atoms with van der Waals surface area (Å²) in [5.41, 5.74) is 4.01. The molecule has 1 aromatic rings. The van der Waals surface area contributed by atoms with Crippen molar-refractivity contribution < 1.29 is 17.9 Å². The minimum Gasteiger partial charge on any atom is -0.468 e. The summed E-state index contributed by atoms with van der Waals surface area (Å²) in [5, 5.41) is 11.6. The lowest BCUT2D eigenvalue weighted by atomic mass is 10.2. The number of esters is 1. The molecule has 0 atom stereocenters. The van der Waals surface area contributed by atoms with Crippen LogP contribution in [0, 0.1) is 18.3 Å². The van der Waals surface area contributed by atoms with Crippen molar-refractivity contribution in [1.29, 1.82) is 5.26 Å². The minimum absolute atomic E-state index is 0.525. The van der Waals surface area contributed by atoms with Gasteiger partial charge in [0.1, 0.15) is 6.07 Å². The van der Waals surface area contributed by atoms with E-state index in [9.17, 15) is 13.2 Å². The van der Waals surface area contributed by atoms with Crippen LogP contribution in [-0.2, 0) is 19.4 Å². The third kappa shape index (κ3) is 4.37. The van der Waals surface area contributed by atoms with Crippen molar-refractivity contribution >= 4 is 26.5 Å². The van der Waals surface area contributed by atoms with E-state index in [1.165, 1.54) is 6.07 Å². The molecule has 1 rings (SSSR count). The summed E-state index contributed by atoms with van der Waals surface area (Å²) in [6.45, 7) is 1.90. The largest absolute Gasteiger partial charge is 0.468 e. The molecule has 0 aliphatic heterocycles. The molecule has 0 spiro atoms. The normalized spacial score (nSPS) is 11.6. The van der Waals surface area contributed by atoms with Gasteiger partial charge in [-0.25, -0.2) is 8.42 Å². The molecule has 8 heteroatoms. The van der Waals surface area contributed by atoms with Gasteiger partial charge < -0.3 is 4.74 Å². The Morgan fingerprint density at radius 1 is 1.40 bits per heavy atom. The lowest BCUT2D eigenvalue weighted by Crippen LogP contribution is -2.24. The number of carbonyl (C=O) groups excluding carboxylic acids is 1. The summed E-state index contributed by atoms with van der Waals surface area (Å²) in [6, 6.07) is 8.40. The maximum absolute atomic E-state index is 11.7. The molecule has 1 aromatic carbocycles. The van der Waals surface area contributed by atoms with E-state index in [2.05, 4.69) is 15.3 Å². The number of ether oxygens (including phenoxy) is 1. The first-order valence-electron chi connectivity index (χ1n) is 5.49. The molecule has 20 heavy (non-hydrogen) atoms. The van der Waals surface area contributed by atoms with Gasteiger partial charge in [-0.1, -0.05) is 17.7 Å². The molecule has 0 radical (unpaired) electrons. The second-order valence-electron chi connectivity index (χ2n) is 3.84. The average molecular weight is 295 g/mol. The van der Waals surface area contributed by atoms with Crippen LogP contribution in [0.15, 0.2) is 29.4 Å². The molecule has 0 unspecified atom stereocenters. The number of carbonyl (C=O) groups is 1. The minimum atomic E-state index is -4.11. The SMILES string of the molecule is COC(=O)CS(=O)(=O)/C(C#N)=N\Nc1ccc(C)cc1. The van der Waals surface area contributed by atoms with Gasteiger partial charge in [0.15, 0.2) is 5.75 Å². The highest BCUT2D eigenvalue weighted by Gasteiger charge is 2.24. The van der Waals surface area contributed by atoms with Gasteiger partial charge in [-0.3, -0.25) is 10.2 Å². The fourth-order valence-electron chi connectivity index (χ4n) is 1.19. The van der Waals surface area contributed by atoms with Gasteiger partial charge in [-0.2, -0.15) is 10.4 Å². The van der Waals surface area contributed by atoms with E-state index in [1.807, 2.05) is 6.92 Å². The highest BCUT2D eigenvalue weighted by atomic mass is 32.2. The van der Waals surface area contributed by atoms with E-state index in [0.717, 1.165) is 12.7 Å². The second-order valence-corrected chi connectivity index (χ2v) is 5.75. The van der Waals surface area contributed by atoms with Gasteiger partial charge in [0.05, 0.1) is 12.8 Å². The van der Waals surface area contributed by atoms with Crippen LogP contribution in [-0.4, -0.2) is 32.3 Å². The first-order valence-corrected chi connectivity index (χ1v) is 7.14. The molecule has 0 saturated heterocycles. The number of methoxy groups -OCH3 is 1. The number of nitriles is 1. The number of sulfone groups is 1. The number of nitrogens with one attached hydrogen (secondary N) is 1. The molecular weight excluding hydrogens is 282 g/mol. The average Bonchev–Trinajstić information content (AvgIpc) is 2.40. The number of rotatable bonds is 4. The predicted molar refractivity (Wildman–Crippen MR) is 73.7 cm³/mol. The summed E-state index contributed by atoms with van der Waals surface area (Å²) in [7, 11) is -3.05. The molecule has 0 saturated carbocycles. The number of hydrazone groups is 1. The quantitative estimate of drug-likeness (QED) is 0.381. The molecule has 0 aliphatic rings. The fourth-order valence-corrected chi connectivity index (χ4v) is 2.08. The summed E-state index contributed by atoms with van der Waals surface area (Å²) < 4.78 is 27.7. The Labute approximate surface area is 116 Å². The van der Waals surface area contributed by atoms with Gasteiger partial charge in [-0.05, 0) is 19.1 Å². The van der Waals surface area contributed by atoms with Crippen LogP contribution < -0.4 is 5.43 Å². The number of nitrogens with zero attached hydrogens (tertiary/aromatic N) is 2. The molecule has 0 fully saturated rings. The number of benzene rings is 1. The molecule has 106 valence electrons. The van der Waals surface area contributed by atoms with Crippen molar-refractivity contribution in [2.45, 2.75) is 6.92 Å². The van der Waals surface area contributed by atoms with Gasteiger partial charge in [0.2, 0.25) is 9.84 Å². The molecule has 0 aliphatic carbocycles. The van der Waals surface area contributed by atoms with Gasteiger partial charge in [-0.15, -0.1) is 0 Å². The van der Waals surface area contributed by atoms with E-state index in [4.69, 9.17) is 5.26 Å². The van der Waals surface area contributed by atoms with E-state index >= 15 is 0 Å². The second kappa shape index (κ2) is 6.68. The lowest BCUT2D eigenvalue weighted by Gasteiger charge is -2.03. The highest BCUT2D eigenvalue weighted by molar-refractivity contribution is 8.07. The summed E-state index contributed by atoms with van der Waals surface area (Å²) in [6.07, 6.45) is 0. The molecular formula is C12H13N3O4S. The maximum atomic E-state index is 11.7. The van der Waals surface area contributed by atoms with Crippen molar-refractivity contribution in [2.75, 3.05) is 18.3 Å². The summed E-state index contributed by atoms with van der Waals surface area (Å²) >= 11 is 0. The zero-order valence-corrected chi connectivity index (χ0v) is 11.8. The smallest absolute Gasteiger partial charge is 0.321 e. The Balaban J connectivity index is 2.90. The Morgan fingerprint density at radius 2 is 2.00 bits per heavy atom. The third-order valence-corrected chi connectivity index (χ3v) is 3.65. The van der Waals surface area contributed by atoms with E-state index in [-0.39, 0.29) is 0 Å². The van der Waals surface area contributed by atoms with E-state index < -0.39 is 26.6 Å². The highest BCUT2D eigenvalue weighted by Crippen LogP contribution is 2.09. The van der Waals surface area contributed by atoms with Crippen LogP contribution in [0.5, 0.6) is 0 Å². The number of hydrogen-bond donors (Lipinski definition) is 1. The molecule has 0 aromatic heterocycles. The van der Waals surface area contributed by atoms with Crippen LogP contribution in [0.25, 0.3) is 0 Å². The molecule has 1 N–H and O–H groups in total. The van der Waals surface area contributed by atoms with Gasteiger partial charge in [0.25, 0.3) is 5.04 Å². The molecule has 0 heterocycles. The fraction of sp³-hybridized carbons (Fsp3) is 0.250. The van der Waals surface area contributed by atoms with E-state index in [0.29, 0.717) is 5.69 Å². The number of aryl methyl sites for hydroxylation is 1. The van der Waals surface area contributed by atoms with Crippen molar-refractivity contribution in [1.82, 2.24) is 0 Å². The first kappa shape index (κ1) is 15.7. The summed E-state index contributed by atoms with van der Waals surface area (Å²) in [4.78, 5) is 11.0. The molecule has 0 bridgehead atoms. The van der Waals surface area contributed by atoms with Crippen LogP contribution in [0.2, 0.25) is 0 Å². The Hall–Kier alpha value is -2.40. The number of hydrogen-bond acceptors (Lipinski definition) is 7. The topological polar surface area (TPSA) is 109 Å². The Bertz CT molecular complexity index is 657. The molecule has 7 nitrogen and oxygen atoms in total. The predicted octanol–water partition coefficient (Wildman–Crippen LogP) is 0.832. The molecule has 0 amide bonds. The van der Waals surface area contributed by atoms with E-state index in [1.54, 1.807) is 24.3 Å². The maximum Gasteiger partial charge on any atom is 0.321 e. The van der Waals surface area contributed by atoms with Crippen molar-refractivity contribution in [3.05, 3.63) is 29.8 Å². The van der Waals surface area contributed by atoms with Gasteiger partial charge in [0, 0.05) is 0 Å². The lowest BCUT2D eigenvalue weighted by molar-refractivity contribution is -0.137. The summed E-state index contributed by atoms with van der Waals surface area (Å²) in [5.74, 6) is -1.88. The van der Waals surface area contributed by atoms with Crippen LogP contribution in [0.3, 0.4) is 0 Å². The zero-order chi connectivity index (χ0) is 15.2.